The topological polar surface area (TPSA) is 72.7 Å². The van der Waals surface area contributed by atoms with Gasteiger partial charge in [0, 0.05) is 22.4 Å². The number of rotatable bonds is 7. The van der Waals surface area contributed by atoms with E-state index in [1.807, 2.05) is 35.9 Å². The molecular formula is C24H28BrN5O. The Kier molecular flexibility index (Phi) is 6.51. The normalized spacial score (nSPS) is 20.7. The number of hydrogen-bond acceptors (Lipinski definition) is 5. The molecule has 3 atom stereocenters. The number of halogens is 1. The lowest BCUT2D eigenvalue weighted by Gasteiger charge is -2.15. The second-order valence-corrected chi connectivity index (χ2v) is 9.45. The maximum absolute atomic E-state index is 13.3. The van der Waals surface area contributed by atoms with Crippen molar-refractivity contribution in [3.05, 3.63) is 69.8 Å². The van der Waals surface area contributed by atoms with Crippen LogP contribution in [0, 0.1) is 18.8 Å². The van der Waals surface area contributed by atoms with Gasteiger partial charge in [0.2, 0.25) is 5.78 Å². The predicted molar refractivity (Wildman–Crippen MR) is 125 cm³/mol. The molecule has 0 radical (unpaired) electrons. The van der Waals surface area contributed by atoms with Crippen LogP contribution in [0.1, 0.15) is 60.4 Å². The first kappa shape index (κ1) is 21.7. The van der Waals surface area contributed by atoms with Crippen molar-refractivity contribution in [3.63, 3.8) is 0 Å². The molecule has 0 amide bonds. The zero-order chi connectivity index (χ0) is 22.0. The number of nitrogens with one attached hydrogen (secondary N) is 1. The van der Waals surface area contributed by atoms with Gasteiger partial charge in [-0.3, -0.25) is 9.48 Å². The van der Waals surface area contributed by atoms with Gasteiger partial charge in [0.25, 0.3) is 0 Å². The zero-order valence-corrected chi connectivity index (χ0v) is 19.8. The summed E-state index contributed by atoms with van der Waals surface area (Å²) in [5.74, 6) is 1.85. The van der Waals surface area contributed by atoms with Gasteiger partial charge in [0.15, 0.2) is 0 Å². The minimum atomic E-state index is -0.155. The molecule has 0 bridgehead atoms. The Morgan fingerprint density at radius 2 is 2.13 bits per heavy atom. The summed E-state index contributed by atoms with van der Waals surface area (Å²) >= 11 is 3.50. The molecule has 3 aromatic rings. The fraction of sp³-hybridized carbons (Fsp3) is 0.417. The van der Waals surface area contributed by atoms with Gasteiger partial charge in [-0.2, -0.15) is 5.10 Å². The van der Waals surface area contributed by atoms with E-state index in [-0.39, 0.29) is 5.78 Å². The summed E-state index contributed by atoms with van der Waals surface area (Å²) in [6.07, 6.45) is 6.47. The number of benzene rings is 1. The molecule has 1 aromatic carbocycles. The summed E-state index contributed by atoms with van der Waals surface area (Å²) in [5, 5.41) is 8.10. The van der Waals surface area contributed by atoms with Crippen molar-refractivity contribution in [3.8, 4) is 0 Å². The summed E-state index contributed by atoms with van der Waals surface area (Å²) in [7, 11) is 0. The summed E-state index contributed by atoms with van der Waals surface area (Å²) in [6, 6.07) is 10.3. The summed E-state index contributed by atoms with van der Waals surface area (Å²) in [6.45, 7) is 7.12. The Morgan fingerprint density at radius 3 is 2.87 bits per heavy atom. The lowest BCUT2D eigenvalue weighted by molar-refractivity contribution is 0.103. The fourth-order valence-corrected chi connectivity index (χ4v) is 5.00. The number of aryl methyl sites for hydroxylation is 1. The number of nitrogens with zero attached hydrogens (tertiary/aromatic N) is 4. The van der Waals surface area contributed by atoms with Crippen molar-refractivity contribution in [1.29, 1.82) is 0 Å². The highest BCUT2D eigenvalue weighted by Gasteiger charge is 2.31. The number of ketones is 1. The van der Waals surface area contributed by atoms with E-state index in [4.69, 9.17) is 0 Å². The molecule has 1 saturated carbocycles. The largest absolute Gasteiger partial charge is 0.367 e. The van der Waals surface area contributed by atoms with Crippen LogP contribution in [0.2, 0.25) is 0 Å². The van der Waals surface area contributed by atoms with Crippen LogP contribution in [0.15, 0.2) is 47.3 Å². The van der Waals surface area contributed by atoms with Gasteiger partial charge in [-0.15, -0.1) is 0 Å². The van der Waals surface area contributed by atoms with E-state index in [0.717, 1.165) is 34.5 Å². The van der Waals surface area contributed by atoms with Crippen LogP contribution in [0.4, 0.5) is 5.82 Å². The van der Waals surface area contributed by atoms with E-state index >= 15 is 0 Å². The number of hydrogen-bond donors (Lipinski definition) is 1. The highest BCUT2D eigenvalue weighted by Crippen LogP contribution is 2.35. The van der Waals surface area contributed by atoms with Gasteiger partial charge in [0.05, 0.1) is 12.1 Å². The third-order valence-electron chi connectivity index (χ3n) is 6.31. The molecule has 2 heterocycles. The maximum Gasteiger partial charge on any atom is 0.218 e. The van der Waals surface area contributed by atoms with Crippen molar-refractivity contribution >= 4 is 27.5 Å². The minimum Gasteiger partial charge on any atom is -0.367 e. The molecule has 0 aliphatic heterocycles. The monoisotopic (exact) mass is 481 g/mol. The van der Waals surface area contributed by atoms with Crippen LogP contribution in [0.5, 0.6) is 0 Å². The standard InChI is InChI=1S/C24H28BrN5O/c1-4-18-11-20(8-15(18)2)28-24-21(12-26-14-27-24)23(31)22-9-16(3)30(29-22)13-17-6-5-7-19(25)10-17/h5-7,9-10,12,14-15,18,20H,4,8,11,13H2,1-3H3,(H,26,27,28)/t15-,18-,20-/m0/s1. The predicted octanol–water partition coefficient (Wildman–Crippen LogP) is 5.26. The van der Waals surface area contributed by atoms with Crippen LogP contribution in [-0.4, -0.2) is 31.6 Å². The second kappa shape index (κ2) is 9.30. The first-order valence-corrected chi connectivity index (χ1v) is 11.6. The molecule has 162 valence electrons. The van der Waals surface area contributed by atoms with Crippen molar-refractivity contribution in [2.24, 2.45) is 11.8 Å². The van der Waals surface area contributed by atoms with E-state index in [9.17, 15) is 4.79 Å². The molecule has 6 nitrogen and oxygen atoms in total. The van der Waals surface area contributed by atoms with Crippen molar-refractivity contribution in [2.75, 3.05) is 5.32 Å². The molecule has 1 aliphatic carbocycles. The Morgan fingerprint density at radius 1 is 1.29 bits per heavy atom. The van der Waals surface area contributed by atoms with E-state index in [0.29, 0.717) is 35.6 Å². The summed E-state index contributed by atoms with van der Waals surface area (Å²) < 4.78 is 2.88. The van der Waals surface area contributed by atoms with Crippen LogP contribution >= 0.6 is 15.9 Å². The second-order valence-electron chi connectivity index (χ2n) is 8.53. The number of aromatic nitrogens is 4. The Hall–Kier alpha value is -2.54. The molecule has 2 aromatic heterocycles. The first-order valence-electron chi connectivity index (χ1n) is 10.8. The molecule has 1 N–H and O–H groups in total. The van der Waals surface area contributed by atoms with Crippen LogP contribution < -0.4 is 5.32 Å². The van der Waals surface area contributed by atoms with Gasteiger partial charge in [0.1, 0.15) is 17.8 Å². The van der Waals surface area contributed by atoms with Crippen molar-refractivity contribution in [1.82, 2.24) is 19.7 Å². The van der Waals surface area contributed by atoms with E-state index in [1.165, 1.54) is 12.7 Å². The number of carbonyl (C=O) groups is 1. The van der Waals surface area contributed by atoms with E-state index in [1.54, 1.807) is 6.20 Å². The molecule has 4 rings (SSSR count). The Balaban J connectivity index is 1.54. The highest BCUT2D eigenvalue weighted by atomic mass is 79.9. The quantitative estimate of drug-likeness (QED) is 0.465. The summed E-state index contributed by atoms with van der Waals surface area (Å²) in [4.78, 5) is 21.8. The Labute approximate surface area is 191 Å². The third-order valence-corrected chi connectivity index (χ3v) is 6.80. The smallest absolute Gasteiger partial charge is 0.218 e. The zero-order valence-electron chi connectivity index (χ0n) is 18.2. The maximum atomic E-state index is 13.3. The van der Waals surface area contributed by atoms with Gasteiger partial charge in [-0.05, 0) is 55.4 Å². The lowest BCUT2D eigenvalue weighted by atomic mass is 9.96. The molecule has 7 heteroatoms. The third kappa shape index (κ3) is 4.87. The molecular weight excluding hydrogens is 454 g/mol. The van der Waals surface area contributed by atoms with Gasteiger partial charge in [-0.1, -0.05) is 48.3 Å². The molecule has 0 spiro atoms. The Bertz CT molecular complexity index is 1080. The molecule has 1 fully saturated rings. The minimum absolute atomic E-state index is 0.155. The fourth-order valence-electron chi connectivity index (χ4n) is 4.55. The van der Waals surface area contributed by atoms with Crippen LogP contribution in [0.3, 0.4) is 0 Å². The van der Waals surface area contributed by atoms with Crippen LogP contribution in [0.25, 0.3) is 0 Å². The van der Waals surface area contributed by atoms with Gasteiger partial charge < -0.3 is 5.32 Å². The first-order chi connectivity index (χ1) is 14.9. The number of carbonyl (C=O) groups excluding carboxylic acids is 1. The van der Waals surface area contributed by atoms with Crippen LogP contribution in [-0.2, 0) is 6.54 Å². The summed E-state index contributed by atoms with van der Waals surface area (Å²) in [5.41, 5.74) is 2.94. The van der Waals surface area contributed by atoms with Gasteiger partial charge in [-0.25, -0.2) is 9.97 Å². The molecule has 31 heavy (non-hydrogen) atoms. The average molecular weight is 482 g/mol. The van der Waals surface area contributed by atoms with E-state index in [2.05, 4.69) is 56.2 Å². The van der Waals surface area contributed by atoms with E-state index < -0.39 is 0 Å². The van der Waals surface area contributed by atoms with Gasteiger partial charge >= 0.3 is 0 Å². The molecule has 0 unspecified atom stereocenters. The van der Waals surface area contributed by atoms with Crippen molar-refractivity contribution < 1.29 is 4.79 Å². The SMILES string of the molecule is CC[C@H]1C[C@@H](Nc2ncncc2C(=O)c2cc(C)n(Cc3cccc(Br)c3)n2)C[C@@H]1C. The van der Waals surface area contributed by atoms with Crippen molar-refractivity contribution in [2.45, 2.75) is 52.6 Å². The molecule has 1 aliphatic rings. The molecule has 0 saturated heterocycles. The average Bonchev–Trinajstić information content (AvgIpc) is 3.29. The number of anilines is 1. The highest BCUT2D eigenvalue weighted by molar-refractivity contribution is 9.10. The lowest BCUT2D eigenvalue weighted by Crippen LogP contribution is -2.20.